The second-order valence-corrected chi connectivity index (χ2v) is 10.2. The van der Waals surface area contributed by atoms with Crippen LogP contribution in [0.4, 0.5) is 39.0 Å². The van der Waals surface area contributed by atoms with Crippen LogP contribution in [0.25, 0.3) is 17.4 Å². The molecule has 6 nitrogen and oxygen atoms in total. The zero-order chi connectivity index (χ0) is 30.7. The van der Waals surface area contributed by atoms with Crippen molar-refractivity contribution in [1.29, 1.82) is 0 Å². The molecule has 4 aromatic rings. The van der Waals surface area contributed by atoms with Crippen molar-refractivity contribution < 1.29 is 31.2 Å². The van der Waals surface area contributed by atoms with Crippen LogP contribution in [0.3, 0.4) is 0 Å². The maximum atomic E-state index is 14.2. The van der Waals surface area contributed by atoms with Crippen molar-refractivity contribution in [2.45, 2.75) is 0 Å². The summed E-state index contributed by atoms with van der Waals surface area (Å²) in [6.45, 7) is 0.387. The van der Waals surface area contributed by atoms with Crippen LogP contribution < -0.4 is 20.4 Å². The molecule has 0 unspecified atom stereocenters. The van der Waals surface area contributed by atoms with Crippen LogP contribution in [0.2, 0.25) is 5.02 Å². The van der Waals surface area contributed by atoms with Crippen molar-refractivity contribution in [1.82, 2.24) is 5.32 Å². The first-order chi connectivity index (χ1) is 20.6. The van der Waals surface area contributed by atoms with Crippen molar-refractivity contribution >= 4 is 58.0 Å². The molecular weight excluding hydrogens is 611 g/mol. The number of hydrogen-bond acceptors (Lipinski definition) is 5. The number of halogens is 6. The summed E-state index contributed by atoms with van der Waals surface area (Å²) in [7, 11) is 0. The lowest BCUT2D eigenvalue weighted by atomic mass is 10.2. The van der Waals surface area contributed by atoms with Gasteiger partial charge in [-0.15, -0.1) is 0 Å². The largest absolute Gasteiger partial charge is 0.457 e. The minimum atomic E-state index is -2.19. The molecule has 2 heterocycles. The lowest BCUT2D eigenvalue weighted by Crippen LogP contribution is -2.47. The smallest absolute Gasteiger partial charge is 0.250 e. The van der Waals surface area contributed by atoms with E-state index in [0.29, 0.717) is 27.9 Å². The van der Waals surface area contributed by atoms with Crippen LogP contribution >= 0.6 is 23.8 Å². The Morgan fingerprint density at radius 2 is 1.47 bits per heavy atom. The van der Waals surface area contributed by atoms with E-state index in [4.69, 9.17) is 28.2 Å². The van der Waals surface area contributed by atoms with E-state index < -0.39 is 40.7 Å². The normalized spacial score (nSPS) is 13.4. The van der Waals surface area contributed by atoms with Gasteiger partial charge in [-0.05, 0) is 48.6 Å². The van der Waals surface area contributed by atoms with E-state index in [1.165, 1.54) is 12.2 Å². The summed E-state index contributed by atoms with van der Waals surface area (Å²) in [4.78, 5) is 15.3. The molecule has 1 aromatic heterocycles. The minimum Gasteiger partial charge on any atom is -0.457 e. The average Bonchev–Trinajstić information content (AvgIpc) is 3.48. The minimum absolute atomic E-state index is 0.0100. The average molecular weight is 633 g/mol. The monoisotopic (exact) mass is 632 g/mol. The second kappa shape index (κ2) is 12.8. The zero-order valence-corrected chi connectivity index (χ0v) is 23.7. The van der Waals surface area contributed by atoms with E-state index in [1.807, 2.05) is 35.2 Å². The molecule has 0 bridgehead atoms. The van der Waals surface area contributed by atoms with Gasteiger partial charge in [0.1, 0.15) is 17.2 Å². The SMILES string of the molecule is O=C(/C=C/c1ccc(-c2ccccc2)o1)NC(=S)Nc1ccc(N2CCN(c3c(F)c(F)c(F)c(F)c3F)CC2)c(Cl)c1. The predicted octanol–water partition coefficient (Wildman–Crippen LogP) is 7.15. The van der Waals surface area contributed by atoms with Crippen molar-refractivity contribution in [3.8, 4) is 11.3 Å². The van der Waals surface area contributed by atoms with E-state index in [9.17, 15) is 26.7 Å². The Balaban J connectivity index is 1.15. The summed E-state index contributed by atoms with van der Waals surface area (Å²) < 4.78 is 74.9. The number of carbonyl (C=O) groups is 1. The standard InChI is InChI=1S/C30H22ClF5N4O2S/c31-20-16-18(37-30(43)38-23(41)11-8-19-7-10-22(42-19)17-4-2-1-3-5-17)6-9-21(20)39-12-14-40(15-13-39)29-27(35)25(33)24(32)26(34)28(29)36/h1-11,16H,12-15H2,(H2,37,38,41,43)/b11-8+. The van der Waals surface area contributed by atoms with Gasteiger partial charge in [-0.2, -0.15) is 0 Å². The molecule has 0 radical (unpaired) electrons. The fourth-order valence-electron chi connectivity index (χ4n) is 4.56. The summed E-state index contributed by atoms with van der Waals surface area (Å²) in [5.41, 5.74) is 1.04. The van der Waals surface area contributed by atoms with E-state index in [1.54, 1.807) is 30.3 Å². The molecule has 0 aliphatic carbocycles. The fraction of sp³-hybridized carbons (Fsp3) is 0.133. The molecule has 1 fully saturated rings. The van der Waals surface area contributed by atoms with Crippen molar-refractivity contribution in [2.24, 2.45) is 0 Å². The van der Waals surface area contributed by atoms with Crippen molar-refractivity contribution in [2.75, 3.05) is 41.3 Å². The predicted molar refractivity (Wildman–Crippen MR) is 160 cm³/mol. The second-order valence-electron chi connectivity index (χ2n) is 9.40. The highest BCUT2D eigenvalue weighted by Gasteiger charge is 2.31. The molecule has 0 spiro atoms. The van der Waals surface area contributed by atoms with Gasteiger partial charge in [0.2, 0.25) is 11.7 Å². The number of rotatable bonds is 6. The Hall–Kier alpha value is -4.42. The summed E-state index contributed by atoms with van der Waals surface area (Å²) >= 11 is 11.7. The van der Waals surface area contributed by atoms with Crippen molar-refractivity contribution in [3.05, 3.63) is 107 Å². The highest BCUT2D eigenvalue weighted by Crippen LogP contribution is 2.33. The van der Waals surface area contributed by atoms with Gasteiger partial charge in [-0.3, -0.25) is 10.1 Å². The first-order valence-electron chi connectivity index (χ1n) is 12.9. The first kappa shape index (κ1) is 30.1. The van der Waals surface area contributed by atoms with Gasteiger partial charge in [-0.25, -0.2) is 22.0 Å². The number of nitrogens with zero attached hydrogens (tertiary/aromatic N) is 2. The molecule has 5 rings (SSSR count). The number of nitrogens with one attached hydrogen (secondary N) is 2. The third-order valence-electron chi connectivity index (χ3n) is 6.65. The fourth-order valence-corrected chi connectivity index (χ4v) is 5.08. The molecule has 1 aliphatic rings. The van der Waals surface area contributed by atoms with Crippen LogP contribution in [-0.4, -0.2) is 37.2 Å². The molecule has 0 atom stereocenters. The number of anilines is 3. The van der Waals surface area contributed by atoms with Gasteiger partial charge in [-0.1, -0.05) is 41.9 Å². The number of benzene rings is 3. The lowest BCUT2D eigenvalue weighted by Gasteiger charge is -2.38. The maximum Gasteiger partial charge on any atom is 0.250 e. The van der Waals surface area contributed by atoms with Crippen molar-refractivity contribution in [3.63, 3.8) is 0 Å². The van der Waals surface area contributed by atoms with Gasteiger partial charge >= 0.3 is 0 Å². The van der Waals surface area contributed by atoms with E-state index in [0.717, 1.165) is 10.5 Å². The number of piperazine rings is 1. The molecule has 13 heteroatoms. The van der Waals surface area contributed by atoms with Gasteiger partial charge < -0.3 is 19.5 Å². The number of amides is 1. The Labute approximate surface area is 253 Å². The molecule has 222 valence electrons. The molecular formula is C30H22ClF5N4O2S. The van der Waals surface area contributed by atoms with Crippen LogP contribution in [0.5, 0.6) is 0 Å². The van der Waals surface area contributed by atoms with Crippen LogP contribution in [0.1, 0.15) is 5.76 Å². The van der Waals surface area contributed by atoms with Crippen LogP contribution in [0, 0.1) is 29.1 Å². The molecule has 0 saturated carbocycles. The Morgan fingerprint density at radius 3 is 2.12 bits per heavy atom. The molecule has 1 aliphatic heterocycles. The molecule has 1 saturated heterocycles. The third kappa shape index (κ3) is 6.65. The number of carbonyl (C=O) groups excluding carboxylic acids is 1. The molecule has 2 N–H and O–H groups in total. The Kier molecular flexibility index (Phi) is 8.97. The summed E-state index contributed by atoms with van der Waals surface area (Å²) in [5.74, 6) is -9.22. The molecule has 43 heavy (non-hydrogen) atoms. The van der Waals surface area contributed by atoms with E-state index in [2.05, 4.69) is 10.6 Å². The number of furan rings is 1. The van der Waals surface area contributed by atoms with Gasteiger partial charge in [0.25, 0.3) is 0 Å². The van der Waals surface area contributed by atoms with Gasteiger partial charge in [0.05, 0.1) is 10.7 Å². The quantitative estimate of drug-likeness (QED) is 0.0774. The zero-order valence-electron chi connectivity index (χ0n) is 22.1. The van der Waals surface area contributed by atoms with Gasteiger partial charge in [0, 0.05) is 43.5 Å². The topological polar surface area (TPSA) is 60.8 Å². The summed E-state index contributed by atoms with van der Waals surface area (Å²) in [6, 6.07) is 18.0. The number of hydrogen-bond donors (Lipinski definition) is 2. The molecule has 1 amide bonds. The first-order valence-corrected chi connectivity index (χ1v) is 13.7. The molecule has 3 aromatic carbocycles. The highest BCUT2D eigenvalue weighted by atomic mass is 35.5. The highest BCUT2D eigenvalue weighted by molar-refractivity contribution is 7.80. The van der Waals surface area contributed by atoms with Crippen LogP contribution in [0.15, 0.2) is 71.2 Å². The Bertz CT molecular complexity index is 1680. The van der Waals surface area contributed by atoms with Crippen LogP contribution in [-0.2, 0) is 4.79 Å². The van der Waals surface area contributed by atoms with Gasteiger partial charge in [0.15, 0.2) is 28.4 Å². The Morgan fingerprint density at radius 1 is 0.837 bits per heavy atom. The summed E-state index contributed by atoms with van der Waals surface area (Å²) in [5, 5.41) is 5.74. The lowest BCUT2D eigenvalue weighted by molar-refractivity contribution is -0.115. The maximum absolute atomic E-state index is 14.2. The summed E-state index contributed by atoms with van der Waals surface area (Å²) in [6.07, 6.45) is 2.80. The van der Waals surface area contributed by atoms with E-state index >= 15 is 0 Å². The van der Waals surface area contributed by atoms with E-state index in [-0.39, 0.29) is 31.3 Å². The number of thiocarbonyl (C=S) groups is 1. The third-order valence-corrected chi connectivity index (χ3v) is 7.16.